The zero-order valence-corrected chi connectivity index (χ0v) is 13.3. The van der Waals surface area contributed by atoms with Gasteiger partial charge >= 0.3 is 0 Å². The van der Waals surface area contributed by atoms with Crippen LogP contribution in [0.3, 0.4) is 0 Å². The van der Waals surface area contributed by atoms with E-state index in [1.165, 1.54) is 64.2 Å². The minimum absolute atomic E-state index is 0.406. The highest BCUT2D eigenvalue weighted by Gasteiger charge is 2.22. The Kier molecular flexibility index (Phi) is 4.84. The van der Waals surface area contributed by atoms with Gasteiger partial charge in [0.1, 0.15) is 11.5 Å². The highest BCUT2D eigenvalue weighted by atomic mass is 35.5. The fourth-order valence-corrected chi connectivity index (χ4v) is 3.73. The molecule has 0 aromatic carbocycles. The molecule has 116 valence electrons. The predicted octanol–water partition coefficient (Wildman–Crippen LogP) is 4.50. The van der Waals surface area contributed by atoms with Gasteiger partial charge < -0.3 is 11.1 Å². The fourth-order valence-electron chi connectivity index (χ4n) is 3.55. The lowest BCUT2D eigenvalue weighted by molar-refractivity contribution is 0.428. The average Bonchev–Trinajstić information content (AvgIpc) is 2.53. The van der Waals surface area contributed by atoms with Gasteiger partial charge in [0.05, 0.1) is 0 Å². The second-order valence-corrected chi connectivity index (χ2v) is 6.81. The van der Waals surface area contributed by atoms with Crippen LogP contribution in [-0.2, 0) is 0 Å². The lowest BCUT2D eigenvalue weighted by atomic mass is 9.88. The molecule has 1 heterocycles. The SMILES string of the molecule is Nc1c(Cl)nc(C2CCCCC2)nc1NC1CCCCC1. The second-order valence-electron chi connectivity index (χ2n) is 6.45. The van der Waals surface area contributed by atoms with Crippen LogP contribution in [0.5, 0.6) is 0 Å². The Bertz CT molecular complexity index is 479. The molecule has 0 atom stereocenters. The summed E-state index contributed by atoms with van der Waals surface area (Å²) >= 11 is 6.24. The van der Waals surface area contributed by atoms with Crippen LogP contribution in [-0.4, -0.2) is 16.0 Å². The highest BCUT2D eigenvalue weighted by Crippen LogP contribution is 2.34. The maximum absolute atomic E-state index is 6.24. The van der Waals surface area contributed by atoms with Gasteiger partial charge in [-0.1, -0.05) is 50.1 Å². The van der Waals surface area contributed by atoms with Crippen LogP contribution in [0.1, 0.15) is 76.0 Å². The van der Waals surface area contributed by atoms with Crippen LogP contribution in [0.15, 0.2) is 0 Å². The van der Waals surface area contributed by atoms with Crippen molar-refractivity contribution in [2.24, 2.45) is 0 Å². The molecule has 4 nitrogen and oxygen atoms in total. The summed E-state index contributed by atoms with van der Waals surface area (Å²) in [6.45, 7) is 0. The molecule has 0 aliphatic heterocycles. The minimum atomic E-state index is 0.406. The molecule has 0 radical (unpaired) electrons. The summed E-state index contributed by atoms with van der Waals surface area (Å²) < 4.78 is 0. The number of hydrogen-bond acceptors (Lipinski definition) is 4. The number of nitrogen functional groups attached to an aromatic ring is 1. The molecule has 0 amide bonds. The minimum Gasteiger partial charge on any atom is -0.393 e. The van der Waals surface area contributed by atoms with E-state index in [4.69, 9.17) is 22.3 Å². The second kappa shape index (κ2) is 6.82. The normalized spacial score (nSPS) is 21.4. The van der Waals surface area contributed by atoms with Crippen molar-refractivity contribution in [3.05, 3.63) is 11.0 Å². The molecular formula is C16H25ClN4. The van der Waals surface area contributed by atoms with Gasteiger partial charge in [-0.25, -0.2) is 9.97 Å². The number of aromatic nitrogens is 2. The summed E-state index contributed by atoms with van der Waals surface area (Å²) in [4.78, 5) is 9.16. The van der Waals surface area contributed by atoms with E-state index in [0.717, 1.165) is 11.6 Å². The molecule has 0 unspecified atom stereocenters. The highest BCUT2D eigenvalue weighted by molar-refractivity contribution is 6.32. The third kappa shape index (κ3) is 3.60. The third-order valence-electron chi connectivity index (χ3n) is 4.83. The van der Waals surface area contributed by atoms with Crippen LogP contribution in [0.4, 0.5) is 11.5 Å². The fraction of sp³-hybridized carbons (Fsp3) is 0.750. The number of rotatable bonds is 3. The first-order chi connectivity index (χ1) is 10.2. The maximum Gasteiger partial charge on any atom is 0.157 e. The largest absolute Gasteiger partial charge is 0.393 e. The Labute approximate surface area is 131 Å². The summed E-state index contributed by atoms with van der Waals surface area (Å²) in [6, 6.07) is 0.478. The molecule has 2 saturated carbocycles. The molecule has 1 aromatic rings. The first-order valence-corrected chi connectivity index (χ1v) is 8.71. The average molecular weight is 309 g/mol. The van der Waals surface area contributed by atoms with Crippen LogP contribution in [0, 0.1) is 0 Å². The van der Waals surface area contributed by atoms with E-state index in [1.807, 2.05) is 0 Å². The number of nitrogens with zero attached hydrogens (tertiary/aromatic N) is 2. The number of halogens is 1. The zero-order valence-electron chi connectivity index (χ0n) is 12.6. The summed E-state index contributed by atoms with van der Waals surface area (Å²) in [5, 5.41) is 3.92. The molecule has 2 aliphatic carbocycles. The summed E-state index contributed by atoms with van der Waals surface area (Å²) in [6.07, 6.45) is 12.5. The van der Waals surface area contributed by atoms with Crippen molar-refractivity contribution in [3.8, 4) is 0 Å². The standard InChI is InChI=1S/C16H25ClN4/c17-14-13(18)16(19-12-9-5-2-6-10-12)21-15(20-14)11-7-3-1-4-8-11/h11-12H,1-10,18H2,(H,19,20,21). The molecule has 3 N–H and O–H groups in total. The Morgan fingerprint density at radius 2 is 1.52 bits per heavy atom. The van der Waals surface area contributed by atoms with Gasteiger partial charge in [0.15, 0.2) is 11.0 Å². The van der Waals surface area contributed by atoms with Crippen molar-refractivity contribution < 1.29 is 0 Å². The van der Waals surface area contributed by atoms with Gasteiger partial charge in [-0.2, -0.15) is 0 Å². The maximum atomic E-state index is 6.24. The predicted molar refractivity (Wildman–Crippen MR) is 87.8 cm³/mol. The van der Waals surface area contributed by atoms with Gasteiger partial charge in [-0.15, -0.1) is 0 Å². The van der Waals surface area contributed by atoms with E-state index in [-0.39, 0.29) is 0 Å². The van der Waals surface area contributed by atoms with E-state index in [0.29, 0.717) is 22.8 Å². The number of nitrogens with two attached hydrogens (primary N) is 1. The van der Waals surface area contributed by atoms with Crippen molar-refractivity contribution in [2.75, 3.05) is 11.1 Å². The number of nitrogens with one attached hydrogen (secondary N) is 1. The lowest BCUT2D eigenvalue weighted by Crippen LogP contribution is -2.24. The molecule has 2 aliphatic rings. The summed E-state index contributed by atoms with van der Waals surface area (Å²) in [5.41, 5.74) is 6.58. The van der Waals surface area contributed by atoms with E-state index in [9.17, 15) is 0 Å². The van der Waals surface area contributed by atoms with Crippen molar-refractivity contribution in [1.82, 2.24) is 9.97 Å². The Morgan fingerprint density at radius 1 is 0.905 bits per heavy atom. The topological polar surface area (TPSA) is 63.8 Å². The quantitative estimate of drug-likeness (QED) is 0.807. The van der Waals surface area contributed by atoms with Gasteiger partial charge in [0.2, 0.25) is 0 Å². The van der Waals surface area contributed by atoms with Gasteiger partial charge in [0, 0.05) is 12.0 Å². The molecule has 5 heteroatoms. The number of anilines is 2. The first kappa shape index (κ1) is 14.9. The smallest absolute Gasteiger partial charge is 0.157 e. The number of hydrogen-bond donors (Lipinski definition) is 2. The molecule has 21 heavy (non-hydrogen) atoms. The van der Waals surface area contributed by atoms with Gasteiger partial charge in [-0.05, 0) is 25.7 Å². The van der Waals surface area contributed by atoms with Crippen molar-refractivity contribution in [1.29, 1.82) is 0 Å². The van der Waals surface area contributed by atoms with Crippen LogP contribution >= 0.6 is 11.6 Å². The van der Waals surface area contributed by atoms with E-state index < -0.39 is 0 Å². The van der Waals surface area contributed by atoms with Gasteiger partial charge in [-0.3, -0.25) is 0 Å². The Hall–Kier alpha value is -1.03. The van der Waals surface area contributed by atoms with E-state index in [1.54, 1.807) is 0 Å². The third-order valence-corrected chi connectivity index (χ3v) is 5.12. The molecular weight excluding hydrogens is 284 g/mol. The van der Waals surface area contributed by atoms with Crippen LogP contribution < -0.4 is 11.1 Å². The lowest BCUT2D eigenvalue weighted by Gasteiger charge is -2.25. The Morgan fingerprint density at radius 3 is 2.19 bits per heavy atom. The molecule has 3 rings (SSSR count). The van der Waals surface area contributed by atoms with Gasteiger partial charge in [0.25, 0.3) is 0 Å². The summed E-state index contributed by atoms with van der Waals surface area (Å²) in [7, 11) is 0. The Balaban J connectivity index is 1.79. The van der Waals surface area contributed by atoms with Crippen molar-refractivity contribution >= 4 is 23.1 Å². The van der Waals surface area contributed by atoms with E-state index >= 15 is 0 Å². The molecule has 0 bridgehead atoms. The molecule has 0 spiro atoms. The zero-order chi connectivity index (χ0) is 14.7. The molecule has 1 aromatic heterocycles. The molecule has 2 fully saturated rings. The van der Waals surface area contributed by atoms with Crippen LogP contribution in [0.25, 0.3) is 0 Å². The van der Waals surface area contributed by atoms with Crippen molar-refractivity contribution in [3.63, 3.8) is 0 Å². The van der Waals surface area contributed by atoms with E-state index in [2.05, 4.69) is 10.3 Å². The summed E-state index contributed by atoms with van der Waals surface area (Å²) in [5.74, 6) is 2.08. The van der Waals surface area contributed by atoms with Crippen molar-refractivity contribution in [2.45, 2.75) is 76.2 Å². The monoisotopic (exact) mass is 308 g/mol. The first-order valence-electron chi connectivity index (χ1n) is 8.33. The van der Waals surface area contributed by atoms with Crippen LogP contribution in [0.2, 0.25) is 5.15 Å². The molecule has 0 saturated heterocycles.